The van der Waals surface area contributed by atoms with Crippen molar-refractivity contribution in [2.24, 2.45) is 0 Å². The number of hydrogen-bond donors (Lipinski definition) is 2. The standard InChI is InChI=1S/C19H24N2/c1-13(2)15-9-11-16(12-10-15)19(20)17-7-5-6-8-18(17)21-14(3)4/h5-14,20-21H,1-4H3. The molecule has 0 spiro atoms. The van der Waals surface area contributed by atoms with Crippen LogP contribution in [0.3, 0.4) is 0 Å². The summed E-state index contributed by atoms with van der Waals surface area (Å²) in [6, 6.07) is 16.7. The van der Waals surface area contributed by atoms with E-state index in [0.717, 1.165) is 16.8 Å². The van der Waals surface area contributed by atoms with Crippen LogP contribution in [-0.2, 0) is 0 Å². The maximum Gasteiger partial charge on any atom is 0.0705 e. The second-order valence-electron chi connectivity index (χ2n) is 6.00. The predicted octanol–water partition coefficient (Wildman–Crippen LogP) is 5.05. The van der Waals surface area contributed by atoms with E-state index < -0.39 is 0 Å². The van der Waals surface area contributed by atoms with Crippen molar-refractivity contribution in [1.82, 2.24) is 0 Å². The highest BCUT2D eigenvalue weighted by Gasteiger charge is 2.10. The molecule has 0 heterocycles. The third-order valence-corrected chi connectivity index (χ3v) is 3.51. The van der Waals surface area contributed by atoms with Gasteiger partial charge < -0.3 is 5.32 Å². The molecule has 0 aromatic heterocycles. The number of rotatable bonds is 5. The first-order chi connectivity index (χ1) is 9.99. The lowest BCUT2D eigenvalue weighted by Crippen LogP contribution is -2.14. The van der Waals surface area contributed by atoms with Crippen LogP contribution in [0.25, 0.3) is 0 Å². The van der Waals surface area contributed by atoms with Crippen molar-refractivity contribution >= 4 is 11.4 Å². The van der Waals surface area contributed by atoms with Crippen molar-refractivity contribution in [1.29, 1.82) is 5.41 Å². The van der Waals surface area contributed by atoms with Gasteiger partial charge in [-0.15, -0.1) is 0 Å². The van der Waals surface area contributed by atoms with E-state index in [1.54, 1.807) is 0 Å². The lowest BCUT2D eigenvalue weighted by atomic mass is 9.96. The number of hydrogen-bond acceptors (Lipinski definition) is 2. The normalized spacial score (nSPS) is 11.0. The molecule has 2 aromatic carbocycles. The van der Waals surface area contributed by atoms with Crippen LogP contribution >= 0.6 is 0 Å². The van der Waals surface area contributed by atoms with Gasteiger partial charge in [-0.1, -0.05) is 56.3 Å². The Morgan fingerprint density at radius 3 is 2.10 bits per heavy atom. The molecule has 21 heavy (non-hydrogen) atoms. The van der Waals surface area contributed by atoms with E-state index in [2.05, 4.69) is 45.1 Å². The van der Waals surface area contributed by atoms with Crippen LogP contribution < -0.4 is 5.32 Å². The minimum absolute atomic E-state index is 0.349. The fourth-order valence-electron chi connectivity index (χ4n) is 2.33. The van der Waals surface area contributed by atoms with Gasteiger partial charge in [0.25, 0.3) is 0 Å². The van der Waals surface area contributed by atoms with E-state index in [-0.39, 0.29) is 0 Å². The molecule has 0 atom stereocenters. The summed E-state index contributed by atoms with van der Waals surface area (Å²) in [4.78, 5) is 0. The molecular formula is C19H24N2. The van der Waals surface area contributed by atoms with Gasteiger partial charge >= 0.3 is 0 Å². The Kier molecular flexibility index (Phi) is 4.79. The molecule has 2 rings (SSSR count). The Bertz CT molecular complexity index is 610. The second-order valence-corrected chi connectivity index (χ2v) is 6.00. The highest BCUT2D eigenvalue weighted by Crippen LogP contribution is 2.21. The van der Waals surface area contributed by atoms with Crippen LogP contribution in [0.1, 0.15) is 50.3 Å². The van der Waals surface area contributed by atoms with Gasteiger partial charge in [-0.05, 0) is 31.4 Å². The minimum Gasteiger partial charge on any atom is -0.382 e. The summed E-state index contributed by atoms with van der Waals surface area (Å²) in [7, 11) is 0. The Labute approximate surface area is 127 Å². The molecule has 2 heteroatoms. The first-order valence-electron chi connectivity index (χ1n) is 7.54. The first-order valence-corrected chi connectivity index (χ1v) is 7.54. The van der Waals surface area contributed by atoms with Crippen molar-refractivity contribution in [3.8, 4) is 0 Å². The van der Waals surface area contributed by atoms with E-state index in [4.69, 9.17) is 5.41 Å². The Morgan fingerprint density at radius 2 is 1.52 bits per heavy atom. The molecule has 0 aliphatic rings. The number of benzene rings is 2. The van der Waals surface area contributed by atoms with Crippen LogP contribution in [0.5, 0.6) is 0 Å². The van der Waals surface area contributed by atoms with Crippen LogP contribution in [0.15, 0.2) is 48.5 Å². The van der Waals surface area contributed by atoms with Crippen molar-refractivity contribution in [3.63, 3.8) is 0 Å². The fourth-order valence-corrected chi connectivity index (χ4v) is 2.33. The summed E-state index contributed by atoms with van der Waals surface area (Å²) in [5.74, 6) is 0.517. The molecule has 0 radical (unpaired) electrons. The molecule has 0 amide bonds. The number of para-hydroxylation sites is 1. The smallest absolute Gasteiger partial charge is 0.0705 e. The van der Waals surface area contributed by atoms with Crippen LogP contribution in [0.2, 0.25) is 0 Å². The van der Waals surface area contributed by atoms with E-state index in [0.29, 0.717) is 17.7 Å². The van der Waals surface area contributed by atoms with Gasteiger partial charge in [0.2, 0.25) is 0 Å². The summed E-state index contributed by atoms with van der Waals surface area (Å²) in [5, 5.41) is 11.9. The largest absolute Gasteiger partial charge is 0.382 e. The van der Waals surface area contributed by atoms with Gasteiger partial charge in [0.05, 0.1) is 5.71 Å². The zero-order chi connectivity index (χ0) is 15.4. The Hall–Kier alpha value is -2.09. The van der Waals surface area contributed by atoms with Gasteiger partial charge in [0.15, 0.2) is 0 Å². The predicted molar refractivity (Wildman–Crippen MR) is 91.7 cm³/mol. The Balaban J connectivity index is 2.31. The molecule has 0 fully saturated rings. The molecule has 0 bridgehead atoms. The summed E-state index contributed by atoms with van der Waals surface area (Å²) in [6.45, 7) is 8.58. The zero-order valence-corrected chi connectivity index (χ0v) is 13.3. The molecule has 0 saturated heterocycles. The van der Waals surface area contributed by atoms with E-state index in [9.17, 15) is 0 Å². The third kappa shape index (κ3) is 3.72. The number of nitrogens with one attached hydrogen (secondary N) is 2. The minimum atomic E-state index is 0.349. The van der Waals surface area contributed by atoms with E-state index >= 15 is 0 Å². The van der Waals surface area contributed by atoms with E-state index in [1.165, 1.54) is 5.56 Å². The average molecular weight is 280 g/mol. The molecule has 2 N–H and O–H groups in total. The van der Waals surface area contributed by atoms with Gasteiger partial charge in [-0.25, -0.2) is 0 Å². The maximum atomic E-state index is 8.49. The van der Waals surface area contributed by atoms with E-state index in [1.807, 2.05) is 36.4 Å². The molecule has 2 nitrogen and oxygen atoms in total. The highest BCUT2D eigenvalue weighted by atomic mass is 14.9. The topological polar surface area (TPSA) is 35.9 Å². The lowest BCUT2D eigenvalue weighted by molar-refractivity contribution is 0.866. The number of anilines is 1. The summed E-state index contributed by atoms with van der Waals surface area (Å²) < 4.78 is 0. The maximum absolute atomic E-state index is 8.49. The summed E-state index contributed by atoms with van der Waals surface area (Å²) in [6.07, 6.45) is 0. The van der Waals surface area contributed by atoms with Gasteiger partial charge in [0, 0.05) is 22.9 Å². The van der Waals surface area contributed by atoms with Crippen LogP contribution in [-0.4, -0.2) is 11.8 Å². The molecule has 0 aliphatic heterocycles. The fraction of sp³-hybridized carbons (Fsp3) is 0.316. The highest BCUT2D eigenvalue weighted by molar-refractivity contribution is 6.14. The van der Waals surface area contributed by atoms with Crippen molar-refractivity contribution < 1.29 is 0 Å². The van der Waals surface area contributed by atoms with Crippen LogP contribution in [0, 0.1) is 5.41 Å². The third-order valence-electron chi connectivity index (χ3n) is 3.51. The zero-order valence-electron chi connectivity index (χ0n) is 13.3. The van der Waals surface area contributed by atoms with Gasteiger partial charge in [-0.2, -0.15) is 0 Å². The summed E-state index contributed by atoms with van der Waals surface area (Å²) >= 11 is 0. The van der Waals surface area contributed by atoms with Gasteiger partial charge in [-0.3, -0.25) is 5.41 Å². The van der Waals surface area contributed by atoms with Crippen molar-refractivity contribution in [2.75, 3.05) is 5.32 Å². The summed E-state index contributed by atoms with van der Waals surface area (Å²) in [5.41, 5.74) is 4.79. The monoisotopic (exact) mass is 280 g/mol. The molecule has 0 aliphatic carbocycles. The Morgan fingerprint density at radius 1 is 0.905 bits per heavy atom. The van der Waals surface area contributed by atoms with Crippen molar-refractivity contribution in [3.05, 3.63) is 65.2 Å². The molecular weight excluding hydrogens is 256 g/mol. The van der Waals surface area contributed by atoms with Crippen molar-refractivity contribution in [2.45, 2.75) is 39.7 Å². The molecule has 0 saturated carbocycles. The molecule has 110 valence electrons. The second kappa shape index (κ2) is 6.57. The van der Waals surface area contributed by atoms with Gasteiger partial charge in [0.1, 0.15) is 0 Å². The SMILES string of the molecule is CC(C)Nc1ccccc1C(=N)c1ccc(C(C)C)cc1. The van der Waals surface area contributed by atoms with Crippen LogP contribution in [0.4, 0.5) is 5.69 Å². The molecule has 2 aromatic rings. The lowest BCUT2D eigenvalue weighted by Gasteiger charge is -2.16. The average Bonchev–Trinajstić information content (AvgIpc) is 2.46. The quantitative estimate of drug-likeness (QED) is 0.739. The first kappa shape index (κ1) is 15.3. The molecule has 0 unspecified atom stereocenters.